The first-order valence-electron chi connectivity index (χ1n) is 6.71. The van der Waals surface area contributed by atoms with Crippen molar-refractivity contribution in [2.75, 3.05) is 32.7 Å². The van der Waals surface area contributed by atoms with E-state index in [1.54, 1.807) is 0 Å². The van der Waals surface area contributed by atoms with Gasteiger partial charge in [0.15, 0.2) is 0 Å². The molecule has 3 N–H and O–H groups in total. The molecule has 0 spiro atoms. The molecular weight excluding hydrogens is 212 g/mol. The fraction of sp³-hybridized carbons (Fsp3) is 0.692. The highest BCUT2D eigenvalue weighted by molar-refractivity contribution is 5.25. The summed E-state index contributed by atoms with van der Waals surface area (Å²) in [7, 11) is 0. The molecule has 2 atom stereocenters. The van der Waals surface area contributed by atoms with Crippen molar-refractivity contribution in [3.05, 3.63) is 24.0 Å². The number of hydrogen-bond acceptors (Lipinski definition) is 4. The predicted octanol–water partition coefficient (Wildman–Crippen LogP) is 0.0945. The maximum Gasteiger partial charge on any atom is 0.102 e. The van der Waals surface area contributed by atoms with Gasteiger partial charge in [-0.05, 0) is 32.0 Å². The smallest absolute Gasteiger partial charge is 0.102 e. The molecule has 0 saturated carbocycles. The van der Waals surface area contributed by atoms with Crippen molar-refractivity contribution in [2.45, 2.75) is 24.9 Å². The third-order valence-electron chi connectivity index (χ3n) is 3.98. The Morgan fingerprint density at radius 3 is 3.18 bits per heavy atom. The summed E-state index contributed by atoms with van der Waals surface area (Å²) >= 11 is 0. The number of nitrogens with zero attached hydrogens (tertiary/aromatic N) is 2. The number of piperazine rings is 1. The van der Waals surface area contributed by atoms with Gasteiger partial charge in [-0.3, -0.25) is 4.90 Å². The molecule has 3 heterocycles. The van der Waals surface area contributed by atoms with Gasteiger partial charge in [-0.25, -0.2) is 0 Å². The first-order valence-corrected chi connectivity index (χ1v) is 6.71. The van der Waals surface area contributed by atoms with Gasteiger partial charge in [-0.1, -0.05) is 12.2 Å². The maximum absolute atomic E-state index is 5.56. The van der Waals surface area contributed by atoms with E-state index in [2.05, 4.69) is 33.3 Å². The van der Waals surface area contributed by atoms with Gasteiger partial charge in [0, 0.05) is 19.6 Å². The summed E-state index contributed by atoms with van der Waals surface area (Å²) in [5, 5.41) is 3.51. The van der Waals surface area contributed by atoms with Crippen molar-refractivity contribution in [3.8, 4) is 0 Å². The molecular formula is C13H22N4. The summed E-state index contributed by atoms with van der Waals surface area (Å²) in [4.78, 5) is 5.15. The number of hydrogen-bond donors (Lipinski definition) is 2. The minimum atomic E-state index is 0.571. The molecule has 2 fully saturated rings. The largest absolute Gasteiger partial charge is 0.370 e. The fourth-order valence-corrected chi connectivity index (χ4v) is 3.17. The lowest BCUT2D eigenvalue weighted by Crippen LogP contribution is -2.56. The minimum absolute atomic E-state index is 0.571. The highest BCUT2D eigenvalue weighted by atomic mass is 15.4. The number of rotatable bonds is 4. The quantitative estimate of drug-likeness (QED) is 0.677. The van der Waals surface area contributed by atoms with Gasteiger partial charge in [-0.2, -0.15) is 0 Å². The highest BCUT2D eigenvalue weighted by Gasteiger charge is 2.38. The van der Waals surface area contributed by atoms with Gasteiger partial charge >= 0.3 is 0 Å². The van der Waals surface area contributed by atoms with Crippen LogP contribution in [0.1, 0.15) is 12.8 Å². The number of nitrogens with one attached hydrogen (secondary N) is 1. The van der Waals surface area contributed by atoms with Crippen molar-refractivity contribution in [1.82, 2.24) is 15.1 Å². The van der Waals surface area contributed by atoms with Crippen LogP contribution in [0.4, 0.5) is 0 Å². The molecule has 4 nitrogen and oxygen atoms in total. The molecule has 0 aromatic rings. The van der Waals surface area contributed by atoms with Crippen LogP contribution in [-0.4, -0.2) is 54.6 Å². The molecule has 2 saturated heterocycles. The Bertz CT molecular complexity index is 336. The second-order valence-electron chi connectivity index (χ2n) is 5.20. The number of nitrogens with two attached hydrogens (primary N) is 1. The van der Waals surface area contributed by atoms with Crippen LogP contribution in [0.15, 0.2) is 24.0 Å². The Morgan fingerprint density at radius 2 is 2.29 bits per heavy atom. The van der Waals surface area contributed by atoms with E-state index >= 15 is 0 Å². The molecule has 4 heteroatoms. The van der Waals surface area contributed by atoms with Crippen LogP contribution in [0.3, 0.4) is 0 Å². The summed E-state index contributed by atoms with van der Waals surface area (Å²) in [6, 6.07) is 1.23. The minimum Gasteiger partial charge on any atom is -0.370 e. The van der Waals surface area contributed by atoms with Crippen molar-refractivity contribution < 1.29 is 0 Å². The van der Waals surface area contributed by atoms with E-state index in [1.807, 2.05) is 0 Å². The van der Waals surface area contributed by atoms with E-state index in [1.165, 1.54) is 25.3 Å². The zero-order valence-electron chi connectivity index (χ0n) is 10.3. The van der Waals surface area contributed by atoms with Gasteiger partial charge in [-0.15, -0.1) is 0 Å². The third kappa shape index (κ3) is 2.07. The van der Waals surface area contributed by atoms with Crippen molar-refractivity contribution in [3.63, 3.8) is 0 Å². The van der Waals surface area contributed by atoms with Gasteiger partial charge < -0.3 is 16.0 Å². The summed E-state index contributed by atoms with van der Waals surface area (Å²) in [5.41, 5.74) is 5.56. The van der Waals surface area contributed by atoms with Crippen molar-refractivity contribution in [2.24, 2.45) is 5.73 Å². The van der Waals surface area contributed by atoms with Crippen molar-refractivity contribution >= 4 is 0 Å². The molecule has 3 aliphatic rings. The van der Waals surface area contributed by atoms with Crippen LogP contribution in [0, 0.1) is 0 Å². The van der Waals surface area contributed by atoms with Crippen LogP contribution in [0.25, 0.3) is 0 Å². The zero-order valence-corrected chi connectivity index (χ0v) is 10.3. The molecule has 0 radical (unpaired) electrons. The normalized spacial score (nSPS) is 31.1. The Balaban J connectivity index is 1.63. The molecule has 17 heavy (non-hydrogen) atoms. The first-order chi connectivity index (χ1) is 8.38. The van der Waals surface area contributed by atoms with E-state index in [9.17, 15) is 0 Å². The van der Waals surface area contributed by atoms with Gasteiger partial charge in [0.05, 0.1) is 12.1 Å². The average molecular weight is 234 g/mol. The molecule has 0 bridgehead atoms. The van der Waals surface area contributed by atoms with E-state index in [-0.39, 0.29) is 0 Å². The van der Waals surface area contributed by atoms with Crippen LogP contribution in [-0.2, 0) is 0 Å². The summed E-state index contributed by atoms with van der Waals surface area (Å²) in [6.45, 7) is 5.47. The SMILES string of the molecule is NCCCCN1CC2C=CC=C3NCC(C1)N32. The first kappa shape index (κ1) is 11.1. The molecule has 0 aliphatic carbocycles. The van der Waals surface area contributed by atoms with Crippen LogP contribution in [0.5, 0.6) is 0 Å². The average Bonchev–Trinajstić information content (AvgIpc) is 2.75. The molecule has 0 aromatic carbocycles. The lowest BCUT2D eigenvalue weighted by atomic mass is 10.0. The van der Waals surface area contributed by atoms with Crippen LogP contribution < -0.4 is 11.1 Å². The third-order valence-corrected chi connectivity index (χ3v) is 3.98. The predicted molar refractivity (Wildman–Crippen MR) is 69.4 cm³/mol. The molecule has 0 amide bonds. The number of unbranched alkanes of at least 4 members (excludes halogenated alkanes) is 1. The summed E-state index contributed by atoms with van der Waals surface area (Å²) < 4.78 is 0. The Morgan fingerprint density at radius 1 is 1.35 bits per heavy atom. The monoisotopic (exact) mass is 234 g/mol. The van der Waals surface area contributed by atoms with Crippen molar-refractivity contribution in [1.29, 1.82) is 0 Å². The molecule has 3 aliphatic heterocycles. The van der Waals surface area contributed by atoms with Crippen LogP contribution >= 0.6 is 0 Å². The van der Waals surface area contributed by atoms with Gasteiger partial charge in [0.2, 0.25) is 0 Å². The van der Waals surface area contributed by atoms with E-state index in [4.69, 9.17) is 5.73 Å². The maximum atomic E-state index is 5.56. The topological polar surface area (TPSA) is 44.5 Å². The van der Waals surface area contributed by atoms with Gasteiger partial charge in [0.25, 0.3) is 0 Å². The molecule has 0 aromatic heterocycles. The second kappa shape index (κ2) is 4.70. The summed E-state index contributed by atoms with van der Waals surface area (Å²) in [6.07, 6.45) is 9.10. The Kier molecular flexibility index (Phi) is 3.07. The standard InChI is InChI=1S/C13H22N4/c14-6-1-2-7-16-9-11-4-3-5-13-15-8-12(10-16)17(11)13/h3-5,11-12,15H,1-2,6-10,14H2. The lowest BCUT2D eigenvalue weighted by Gasteiger charge is -2.44. The molecule has 94 valence electrons. The second-order valence-corrected chi connectivity index (χ2v) is 5.20. The Hall–Kier alpha value is -1.00. The van der Waals surface area contributed by atoms with Gasteiger partial charge in [0.1, 0.15) is 5.82 Å². The Labute approximate surface area is 103 Å². The lowest BCUT2D eigenvalue weighted by molar-refractivity contribution is 0.0909. The molecule has 2 unspecified atom stereocenters. The van der Waals surface area contributed by atoms with E-state index in [0.29, 0.717) is 12.1 Å². The number of allylic oxidation sites excluding steroid dienone is 2. The fourth-order valence-electron chi connectivity index (χ4n) is 3.17. The highest BCUT2D eigenvalue weighted by Crippen LogP contribution is 2.27. The van der Waals surface area contributed by atoms with E-state index in [0.717, 1.165) is 26.1 Å². The van der Waals surface area contributed by atoms with E-state index < -0.39 is 0 Å². The zero-order chi connectivity index (χ0) is 11.7. The summed E-state index contributed by atoms with van der Waals surface area (Å²) in [5.74, 6) is 1.32. The van der Waals surface area contributed by atoms with Crippen LogP contribution in [0.2, 0.25) is 0 Å². The molecule has 3 rings (SSSR count).